The summed E-state index contributed by atoms with van der Waals surface area (Å²) in [6, 6.07) is 25.0. The van der Waals surface area contributed by atoms with Gasteiger partial charge in [0.05, 0.1) is 51.3 Å². The van der Waals surface area contributed by atoms with E-state index in [1.807, 2.05) is 46.2 Å². The normalized spacial score (nSPS) is 14.5. The summed E-state index contributed by atoms with van der Waals surface area (Å²) in [5.74, 6) is 2.65. The van der Waals surface area contributed by atoms with Crippen LogP contribution in [0.1, 0.15) is 25.7 Å². The van der Waals surface area contributed by atoms with Gasteiger partial charge in [-0.25, -0.2) is 19.6 Å². The molecule has 10 aromatic rings. The number of benzene rings is 4. The van der Waals surface area contributed by atoms with Crippen molar-refractivity contribution in [2.75, 3.05) is 86.1 Å². The van der Waals surface area contributed by atoms with E-state index >= 15 is 0 Å². The van der Waals surface area contributed by atoms with Gasteiger partial charge >= 0.3 is 17.5 Å². The van der Waals surface area contributed by atoms with E-state index in [1.165, 1.54) is 22.7 Å². The lowest BCUT2D eigenvalue weighted by molar-refractivity contribution is -0.142. The van der Waals surface area contributed by atoms with Crippen LogP contribution in [0.4, 0.5) is 46.3 Å². The minimum absolute atomic E-state index is 0. The van der Waals surface area contributed by atoms with Gasteiger partial charge in [-0.3, -0.25) is 28.6 Å². The van der Waals surface area contributed by atoms with Gasteiger partial charge < -0.3 is 55.5 Å². The van der Waals surface area contributed by atoms with Crippen LogP contribution in [0.15, 0.2) is 115 Å². The van der Waals surface area contributed by atoms with Crippen molar-refractivity contribution in [3.05, 3.63) is 117 Å². The third-order valence-corrected chi connectivity index (χ3v) is 14.7. The van der Waals surface area contributed by atoms with E-state index in [4.69, 9.17) is 34.6 Å². The molecule has 444 valence electrons. The van der Waals surface area contributed by atoms with Gasteiger partial charge in [0.25, 0.3) is 0 Å². The number of carboxylic acid groups (broad SMARTS) is 1. The maximum atomic E-state index is 13.2. The molecule has 27 nitrogen and oxygen atoms in total. The van der Waals surface area contributed by atoms with Gasteiger partial charge in [-0.05, 0) is 98.5 Å². The number of amides is 1. The van der Waals surface area contributed by atoms with Crippen LogP contribution in [0.5, 0.6) is 23.0 Å². The molecule has 8 N–H and O–H groups in total. The molecule has 12 rings (SSSR count). The molecule has 1 amide bonds. The number of methoxy groups -OCH3 is 4. The fourth-order valence-corrected chi connectivity index (χ4v) is 10.4. The predicted octanol–water partition coefficient (Wildman–Crippen LogP) is 8.65. The molecule has 0 spiro atoms. The molecule has 2 aliphatic heterocycles. The Bertz CT molecular complexity index is 4010. The maximum Gasteiger partial charge on any atom is 0.439 e. The van der Waals surface area contributed by atoms with Crippen molar-refractivity contribution in [3.8, 4) is 45.8 Å². The maximum absolute atomic E-state index is 13.2. The third-order valence-electron chi connectivity index (χ3n) is 13.3. The first-order valence-corrected chi connectivity index (χ1v) is 27.4. The summed E-state index contributed by atoms with van der Waals surface area (Å²) in [6.07, 6.45) is 3.03. The number of nitrogens with zero attached hydrogens (tertiary/aromatic N) is 10. The molecule has 2 atom stereocenters. The second kappa shape index (κ2) is 28.1. The number of aliphatic carboxylic acids is 1. The number of fused-ring (bicyclic) bond motifs is 2. The van der Waals surface area contributed by atoms with E-state index in [0.29, 0.717) is 106 Å². The quantitative estimate of drug-likeness (QED) is 0.0472. The van der Waals surface area contributed by atoms with Crippen LogP contribution in [-0.2, 0) is 9.59 Å². The second-order valence-corrected chi connectivity index (χ2v) is 20.3. The van der Waals surface area contributed by atoms with E-state index < -0.39 is 23.4 Å². The number of anilines is 8. The van der Waals surface area contributed by atoms with Crippen LogP contribution in [-0.4, -0.2) is 122 Å². The standard InChI is InChI=1S/C27H26N8O5S.C19H21N5O4S.C8H7N3O2.2ClH/c1-38-19-10-9-18(12-20(19)39-2)29-23-21-25(41-14-28-21)33-26(31-23)35-11-3-4-16(13-35)24(36)30-17-7-5-15(6-8-17)22-32-27(37)40-34-22;1-27-13-6-5-12(8-14(13)28-2)21-16-15-17(29-10-20-15)23-19(22-16)24-7-3-4-11(9-24)18(25)26;9-6-3-1-5(2-4-6)7-10-8(12)13-11-7;;/h5-10,12,14,16H,3-4,11,13H2,1-2H3,(H,30,36)(H,29,31,33)(H,32,34,37);5-6,8,10-11H,3-4,7,9H2,1-2H3,(H,25,26)(H,21,22,23);1-4H,9H2,(H,10,11,12);2*1H. The summed E-state index contributed by atoms with van der Waals surface area (Å²) in [5.41, 5.74) is 14.6. The van der Waals surface area contributed by atoms with Crippen molar-refractivity contribution in [2.24, 2.45) is 11.8 Å². The molecule has 31 heteroatoms. The highest BCUT2D eigenvalue weighted by molar-refractivity contribution is 7.16. The number of ether oxygens (including phenoxy) is 4. The van der Waals surface area contributed by atoms with Crippen LogP contribution in [0.25, 0.3) is 43.5 Å². The Labute approximate surface area is 503 Å². The molecule has 2 aliphatic rings. The van der Waals surface area contributed by atoms with Gasteiger partial charge in [0, 0.05) is 72.2 Å². The number of rotatable bonds is 15. The molecule has 2 saturated heterocycles. The monoisotopic (exact) mass is 1240 g/mol. The van der Waals surface area contributed by atoms with E-state index in [-0.39, 0.29) is 36.6 Å². The average Bonchev–Trinajstić information content (AvgIpc) is 4.37. The molecule has 6 aromatic heterocycles. The minimum atomic E-state index is -0.780. The number of aromatic nitrogens is 10. The molecule has 0 radical (unpaired) electrons. The lowest BCUT2D eigenvalue weighted by Crippen LogP contribution is -2.41. The number of halogens is 2. The predicted molar refractivity (Wildman–Crippen MR) is 326 cm³/mol. The Kier molecular flexibility index (Phi) is 20.3. The zero-order valence-corrected chi connectivity index (χ0v) is 49.0. The number of piperidine rings is 2. The Hall–Kier alpha value is -9.58. The summed E-state index contributed by atoms with van der Waals surface area (Å²) in [4.78, 5) is 84.5. The van der Waals surface area contributed by atoms with E-state index in [0.717, 1.165) is 59.0 Å². The van der Waals surface area contributed by atoms with Crippen molar-refractivity contribution < 1.29 is 42.7 Å². The van der Waals surface area contributed by atoms with Gasteiger partial charge in [0.15, 0.2) is 55.9 Å². The van der Waals surface area contributed by atoms with Gasteiger partial charge in [-0.15, -0.1) is 47.5 Å². The average molecular weight is 1240 g/mol. The molecule has 0 aliphatic carbocycles. The van der Waals surface area contributed by atoms with Crippen molar-refractivity contribution >= 4 is 126 Å². The SMILES string of the molecule is COc1ccc(Nc2nc(N3CCCC(C(=O)Nc4ccc(-c5noc(=O)[nH]5)cc4)C3)nc3scnc23)cc1OC.COc1ccc(Nc2nc(N3CCCC(C(=O)O)C3)nc3scnc23)cc1OC.Cl.Cl.Nc1ccc(-c2noc(=O)[nH]2)cc1. The molecule has 85 heavy (non-hydrogen) atoms. The van der Waals surface area contributed by atoms with E-state index in [2.05, 4.69) is 65.2 Å². The van der Waals surface area contributed by atoms with Gasteiger partial charge in [0.2, 0.25) is 17.8 Å². The minimum Gasteiger partial charge on any atom is -0.493 e. The molecular formula is C54H56Cl2N16O11S2. The van der Waals surface area contributed by atoms with Crippen LogP contribution in [0.2, 0.25) is 0 Å². The number of hydrogen-bond acceptors (Lipinski definition) is 25. The number of nitrogens with one attached hydrogen (secondary N) is 5. The summed E-state index contributed by atoms with van der Waals surface area (Å²) >= 11 is 2.85. The summed E-state index contributed by atoms with van der Waals surface area (Å²) in [7, 11) is 6.34. The number of thiazole rings is 2. The largest absolute Gasteiger partial charge is 0.493 e. The van der Waals surface area contributed by atoms with Crippen molar-refractivity contribution in [3.63, 3.8) is 0 Å². The van der Waals surface area contributed by atoms with Crippen LogP contribution < -0.4 is 61.9 Å². The molecule has 0 saturated carbocycles. The summed E-state index contributed by atoms with van der Waals surface area (Å²) in [5, 5.41) is 26.2. The van der Waals surface area contributed by atoms with E-state index in [9.17, 15) is 24.3 Å². The number of hydrogen-bond donors (Lipinski definition) is 7. The number of nitrogens with two attached hydrogens (primary N) is 1. The van der Waals surface area contributed by atoms with Crippen molar-refractivity contribution in [2.45, 2.75) is 25.7 Å². The Morgan fingerprint density at radius 3 is 1.48 bits per heavy atom. The van der Waals surface area contributed by atoms with Crippen LogP contribution in [0.3, 0.4) is 0 Å². The van der Waals surface area contributed by atoms with Crippen LogP contribution in [0, 0.1) is 11.8 Å². The Morgan fingerprint density at radius 2 is 1.05 bits per heavy atom. The number of nitrogen functional groups attached to an aromatic ring is 1. The summed E-state index contributed by atoms with van der Waals surface area (Å²) < 4.78 is 30.3. The zero-order chi connectivity index (χ0) is 58.0. The molecule has 2 unspecified atom stereocenters. The van der Waals surface area contributed by atoms with Gasteiger partial charge in [-0.2, -0.15) is 19.9 Å². The smallest absolute Gasteiger partial charge is 0.439 e. The first kappa shape index (κ1) is 61.5. The Balaban J connectivity index is 0.000000185. The van der Waals surface area contributed by atoms with Crippen molar-refractivity contribution in [1.29, 1.82) is 0 Å². The first-order valence-electron chi connectivity index (χ1n) is 25.7. The highest BCUT2D eigenvalue weighted by Gasteiger charge is 2.30. The molecule has 8 heterocycles. The van der Waals surface area contributed by atoms with Gasteiger partial charge in [0.1, 0.15) is 11.0 Å². The Morgan fingerprint density at radius 1 is 0.612 bits per heavy atom. The fraction of sp³-hybridized carbons (Fsp3) is 0.259. The lowest BCUT2D eigenvalue weighted by atomic mass is 9.97. The molecule has 4 aromatic carbocycles. The molecule has 0 bridgehead atoms. The van der Waals surface area contributed by atoms with Crippen molar-refractivity contribution in [1.82, 2.24) is 50.2 Å². The van der Waals surface area contributed by atoms with Gasteiger partial charge in [-0.1, -0.05) is 10.3 Å². The highest BCUT2D eigenvalue weighted by Crippen LogP contribution is 2.36. The third kappa shape index (κ3) is 14.8. The van der Waals surface area contributed by atoms with E-state index in [1.54, 1.807) is 88.0 Å². The topological polar surface area (TPSA) is 355 Å². The lowest BCUT2D eigenvalue weighted by Gasteiger charge is -2.32. The number of aromatic amines is 2. The second-order valence-electron chi connectivity index (χ2n) is 18.6. The summed E-state index contributed by atoms with van der Waals surface area (Å²) in [6.45, 7) is 2.33. The molecule has 2 fully saturated rings. The molecular weight excluding hydrogens is 1180 g/mol. The number of carboxylic acids is 1. The first-order chi connectivity index (χ1) is 40.3. The number of carbonyl (C=O) groups is 2. The van der Waals surface area contributed by atoms with Crippen LogP contribution >= 0.6 is 47.5 Å². The zero-order valence-electron chi connectivity index (χ0n) is 45.8. The number of H-pyrrole nitrogens is 2. The highest BCUT2D eigenvalue weighted by atomic mass is 35.5. The number of carbonyl (C=O) groups excluding carboxylic acids is 1. The fourth-order valence-electron chi connectivity index (χ4n) is 9.10.